The second-order valence-corrected chi connectivity index (χ2v) is 6.97. The number of esters is 2. The standard InChI is InChI=1S/C20H28N2O4/c1-6-25-18(23)15(19(24)26-7-2)13-22-14(3)12-20(4,5)21-16-10-8-9-11-17(16)22/h8-11,13-14,21H,6-7,12H2,1-5H3. The number of hydrogen-bond acceptors (Lipinski definition) is 6. The Morgan fingerprint density at radius 1 is 1.19 bits per heavy atom. The van der Waals surface area contributed by atoms with Crippen molar-refractivity contribution < 1.29 is 19.1 Å². The van der Waals surface area contributed by atoms with Crippen LogP contribution in [0.15, 0.2) is 36.0 Å². The molecule has 1 aliphatic heterocycles. The fourth-order valence-electron chi connectivity index (χ4n) is 3.24. The molecule has 0 saturated heterocycles. The zero-order valence-corrected chi connectivity index (χ0v) is 16.2. The highest BCUT2D eigenvalue weighted by Gasteiger charge is 2.32. The van der Waals surface area contributed by atoms with E-state index in [0.717, 1.165) is 17.8 Å². The number of nitrogens with zero attached hydrogens (tertiary/aromatic N) is 1. The quantitative estimate of drug-likeness (QED) is 0.375. The summed E-state index contributed by atoms with van der Waals surface area (Å²) in [7, 11) is 0. The summed E-state index contributed by atoms with van der Waals surface area (Å²) >= 11 is 0. The molecule has 0 radical (unpaired) electrons. The molecule has 6 heteroatoms. The highest BCUT2D eigenvalue weighted by Crippen LogP contribution is 2.36. The molecule has 0 bridgehead atoms. The molecular weight excluding hydrogens is 332 g/mol. The number of fused-ring (bicyclic) bond motifs is 1. The summed E-state index contributed by atoms with van der Waals surface area (Å²) < 4.78 is 10.1. The molecule has 1 atom stereocenters. The van der Waals surface area contributed by atoms with Crippen molar-refractivity contribution in [1.82, 2.24) is 0 Å². The third-order valence-electron chi connectivity index (χ3n) is 4.19. The van der Waals surface area contributed by atoms with Gasteiger partial charge in [0.15, 0.2) is 5.57 Å². The normalized spacial score (nSPS) is 18.0. The van der Waals surface area contributed by atoms with Gasteiger partial charge in [-0.25, -0.2) is 9.59 Å². The lowest BCUT2D eigenvalue weighted by Crippen LogP contribution is -2.37. The van der Waals surface area contributed by atoms with Crippen LogP contribution in [0.4, 0.5) is 11.4 Å². The fourth-order valence-corrected chi connectivity index (χ4v) is 3.24. The average molecular weight is 360 g/mol. The predicted molar refractivity (Wildman–Crippen MR) is 102 cm³/mol. The van der Waals surface area contributed by atoms with E-state index in [-0.39, 0.29) is 30.4 Å². The number of rotatable bonds is 5. The first-order chi connectivity index (χ1) is 12.3. The van der Waals surface area contributed by atoms with Crippen LogP contribution in [0.25, 0.3) is 0 Å². The molecule has 0 spiro atoms. The van der Waals surface area contributed by atoms with Gasteiger partial charge in [-0.15, -0.1) is 0 Å². The van der Waals surface area contributed by atoms with Crippen molar-refractivity contribution in [3.8, 4) is 0 Å². The first-order valence-electron chi connectivity index (χ1n) is 9.00. The van der Waals surface area contributed by atoms with Gasteiger partial charge in [-0.05, 0) is 53.2 Å². The zero-order valence-electron chi connectivity index (χ0n) is 16.2. The Hall–Kier alpha value is -2.50. The Kier molecular flexibility index (Phi) is 6.29. The van der Waals surface area contributed by atoms with Crippen LogP contribution in [-0.4, -0.2) is 36.7 Å². The van der Waals surface area contributed by atoms with Crippen LogP contribution in [0.2, 0.25) is 0 Å². The maximum atomic E-state index is 12.3. The smallest absolute Gasteiger partial charge is 0.347 e. The number of anilines is 2. The molecule has 1 aromatic rings. The minimum absolute atomic E-state index is 0.0556. The molecule has 6 nitrogen and oxygen atoms in total. The SMILES string of the molecule is CCOC(=O)C(=CN1c2ccccc2NC(C)(C)CC1C)C(=O)OCC. The van der Waals surface area contributed by atoms with Crippen LogP contribution in [0.5, 0.6) is 0 Å². The van der Waals surface area contributed by atoms with Crippen LogP contribution in [0, 0.1) is 0 Å². The largest absolute Gasteiger partial charge is 0.462 e. The Balaban J connectivity index is 2.52. The molecular formula is C20H28N2O4. The third kappa shape index (κ3) is 4.56. The van der Waals surface area contributed by atoms with Gasteiger partial charge in [0, 0.05) is 17.8 Å². The first kappa shape index (κ1) is 19.8. The van der Waals surface area contributed by atoms with Crippen molar-refractivity contribution in [2.75, 3.05) is 23.4 Å². The Morgan fingerprint density at radius 3 is 2.35 bits per heavy atom. The molecule has 0 fully saturated rings. The maximum absolute atomic E-state index is 12.3. The first-order valence-corrected chi connectivity index (χ1v) is 9.00. The summed E-state index contributed by atoms with van der Waals surface area (Å²) in [5.74, 6) is -1.35. The number of para-hydroxylation sites is 2. The van der Waals surface area contributed by atoms with Crippen molar-refractivity contribution >= 4 is 23.3 Å². The van der Waals surface area contributed by atoms with Crippen molar-refractivity contribution in [2.45, 2.75) is 52.6 Å². The van der Waals surface area contributed by atoms with Gasteiger partial charge in [0.2, 0.25) is 0 Å². The lowest BCUT2D eigenvalue weighted by atomic mass is 9.96. The highest BCUT2D eigenvalue weighted by atomic mass is 16.6. The fraction of sp³-hybridized carbons (Fsp3) is 0.500. The van der Waals surface area contributed by atoms with E-state index in [1.807, 2.05) is 29.2 Å². The second-order valence-electron chi connectivity index (χ2n) is 6.97. The monoisotopic (exact) mass is 360 g/mol. The van der Waals surface area contributed by atoms with Crippen LogP contribution in [0.1, 0.15) is 41.0 Å². The van der Waals surface area contributed by atoms with Crippen LogP contribution < -0.4 is 10.2 Å². The van der Waals surface area contributed by atoms with Gasteiger partial charge >= 0.3 is 11.9 Å². The van der Waals surface area contributed by atoms with E-state index in [1.54, 1.807) is 20.0 Å². The van der Waals surface area contributed by atoms with Gasteiger partial charge in [-0.1, -0.05) is 12.1 Å². The topological polar surface area (TPSA) is 67.9 Å². The number of carbonyl (C=O) groups is 2. The summed E-state index contributed by atoms with van der Waals surface area (Å²) in [6.45, 7) is 10.1. The minimum atomic E-state index is -0.674. The molecule has 2 rings (SSSR count). The van der Waals surface area contributed by atoms with Crippen LogP contribution in [-0.2, 0) is 19.1 Å². The number of hydrogen-bond donors (Lipinski definition) is 1. The van der Waals surface area contributed by atoms with E-state index < -0.39 is 11.9 Å². The summed E-state index contributed by atoms with van der Waals surface area (Å²) in [6, 6.07) is 7.90. The molecule has 0 aliphatic carbocycles. The van der Waals surface area contributed by atoms with E-state index in [2.05, 4.69) is 26.1 Å². The molecule has 0 aromatic heterocycles. The summed E-state index contributed by atoms with van der Waals surface area (Å²) in [6.07, 6.45) is 2.37. The van der Waals surface area contributed by atoms with Gasteiger partial charge in [0.1, 0.15) is 0 Å². The molecule has 1 unspecified atom stereocenters. The van der Waals surface area contributed by atoms with Crippen molar-refractivity contribution in [3.63, 3.8) is 0 Å². The molecule has 142 valence electrons. The molecule has 1 aliphatic rings. The van der Waals surface area contributed by atoms with Crippen LogP contribution >= 0.6 is 0 Å². The maximum Gasteiger partial charge on any atom is 0.347 e. The van der Waals surface area contributed by atoms with E-state index in [1.165, 1.54) is 0 Å². The molecule has 1 heterocycles. The van der Waals surface area contributed by atoms with E-state index >= 15 is 0 Å². The Bertz CT molecular complexity index is 677. The van der Waals surface area contributed by atoms with E-state index in [9.17, 15) is 9.59 Å². The van der Waals surface area contributed by atoms with Crippen molar-refractivity contribution in [2.24, 2.45) is 0 Å². The number of benzene rings is 1. The van der Waals surface area contributed by atoms with E-state index in [4.69, 9.17) is 9.47 Å². The van der Waals surface area contributed by atoms with Gasteiger partial charge in [-0.3, -0.25) is 0 Å². The summed E-state index contributed by atoms with van der Waals surface area (Å²) in [5.41, 5.74) is 1.61. The summed E-state index contributed by atoms with van der Waals surface area (Å²) in [5, 5.41) is 3.54. The molecule has 0 amide bonds. The number of nitrogens with one attached hydrogen (secondary N) is 1. The molecule has 1 N–H and O–H groups in total. The molecule has 1 aromatic carbocycles. The average Bonchev–Trinajstić information content (AvgIpc) is 2.65. The van der Waals surface area contributed by atoms with Crippen molar-refractivity contribution in [3.05, 3.63) is 36.0 Å². The molecule has 0 saturated carbocycles. The molecule has 26 heavy (non-hydrogen) atoms. The Labute approximate surface area is 155 Å². The second kappa shape index (κ2) is 8.25. The number of ether oxygens (including phenoxy) is 2. The lowest BCUT2D eigenvalue weighted by molar-refractivity contribution is -0.146. The van der Waals surface area contributed by atoms with Crippen molar-refractivity contribution in [1.29, 1.82) is 0 Å². The van der Waals surface area contributed by atoms with Crippen LogP contribution in [0.3, 0.4) is 0 Å². The van der Waals surface area contributed by atoms with Gasteiger partial charge in [0.05, 0.1) is 24.6 Å². The van der Waals surface area contributed by atoms with Gasteiger partial charge in [-0.2, -0.15) is 0 Å². The predicted octanol–water partition coefficient (Wildman–Crippen LogP) is 3.49. The number of carbonyl (C=O) groups excluding carboxylic acids is 2. The third-order valence-corrected chi connectivity index (χ3v) is 4.19. The zero-order chi connectivity index (χ0) is 19.3. The lowest BCUT2D eigenvalue weighted by Gasteiger charge is -2.30. The minimum Gasteiger partial charge on any atom is -0.462 e. The Morgan fingerprint density at radius 2 is 1.77 bits per heavy atom. The highest BCUT2D eigenvalue weighted by molar-refractivity contribution is 6.14. The van der Waals surface area contributed by atoms with E-state index in [0.29, 0.717) is 0 Å². The van der Waals surface area contributed by atoms with Gasteiger partial charge in [0.25, 0.3) is 0 Å². The van der Waals surface area contributed by atoms with Gasteiger partial charge < -0.3 is 19.7 Å². The summed E-state index contributed by atoms with van der Waals surface area (Å²) in [4.78, 5) is 26.6.